The first-order chi connectivity index (χ1) is 14.5. The number of anilines is 2. The van der Waals surface area contributed by atoms with Crippen LogP contribution in [0.3, 0.4) is 0 Å². The van der Waals surface area contributed by atoms with Crippen molar-refractivity contribution in [3.8, 4) is 5.75 Å². The van der Waals surface area contributed by atoms with Crippen molar-refractivity contribution < 1.29 is 19.5 Å². The Labute approximate surface area is 173 Å². The molecule has 4 atom stereocenters. The van der Waals surface area contributed by atoms with Gasteiger partial charge in [-0.05, 0) is 54.5 Å². The van der Waals surface area contributed by atoms with Gasteiger partial charge >= 0.3 is 0 Å². The zero-order chi connectivity index (χ0) is 20.8. The molecule has 1 aliphatic heterocycles. The fourth-order valence-corrected chi connectivity index (χ4v) is 4.95. The van der Waals surface area contributed by atoms with Gasteiger partial charge in [0.1, 0.15) is 0 Å². The molecule has 1 saturated carbocycles. The summed E-state index contributed by atoms with van der Waals surface area (Å²) < 4.78 is 0. The Balaban J connectivity index is 1.30. The third kappa shape index (κ3) is 2.98. The van der Waals surface area contributed by atoms with E-state index in [1.807, 2.05) is 0 Å². The van der Waals surface area contributed by atoms with Crippen molar-refractivity contribution in [3.63, 3.8) is 0 Å². The zero-order valence-corrected chi connectivity index (χ0v) is 16.2. The first kappa shape index (κ1) is 18.5. The van der Waals surface area contributed by atoms with Crippen molar-refractivity contribution in [1.29, 1.82) is 0 Å². The minimum absolute atomic E-state index is 0.0809. The maximum atomic E-state index is 13.0. The number of hydrogen-bond acceptors (Lipinski definition) is 5. The van der Waals surface area contributed by atoms with Gasteiger partial charge in [-0.3, -0.25) is 19.3 Å². The Kier molecular flexibility index (Phi) is 4.38. The van der Waals surface area contributed by atoms with Crippen LogP contribution in [0.25, 0.3) is 0 Å². The summed E-state index contributed by atoms with van der Waals surface area (Å²) in [6, 6.07) is 9.92. The minimum atomic E-state index is -0.321. The summed E-state index contributed by atoms with van der Waals surface area (Å²) in [5, 5.41) is 12.3. The number of nitrogens with one attached hydrogen (secondary N) is 1. The summed E-state index contributed by atoms with van der Waals surface area (Å²) >= 11 is 0. The largest absolute Gasteiger partial charge is 0.504 e. The van der Waals surface area contributed by atoms with Crippen LogP contribution >= 0.6 is 0 Å². The molecule has 2 fully saturated rings. The number of pyridine rings is 1. The standard InChI is InChI=1S/C23H21N3O4/c27-17-2-1-11-24-21(17)25-18(28)12-13-3-9-16(10-4-13)26-22(29)19-14-5-6-15(8-7-14)20(19)23(26)30/h1-6,9-11,14-15,19-20,27H,7-8,12H2,(H,24,25,28). The number of amides is 3. The summed E-state index contributed by atoms with van der Waals surface area (Å²) in [6.45, 7) is 0. The molecule has 2 heterocycles. The molecule has 4 unspecified atom stereocenters. The molecular weight excluding hydrogens is 382 g/mol. The molecule has 30 heavy (non-hydrogen) atoms. The molecule has 7 nitrogen and oxygen atoms in total. The number of allylic oxidation sites excluding steroid dienone is 2. The summed E-state index contributed by atoms with van der Waals surface area (Å²) in [7, 11) is 0. The van der Waals surface area contributed by atoms with E-state index in [-0.39, 0.29) is 59.4 Å². The quantitative estimate of drug-likeness (QED) is 0.604. The molecule has 0 radical (unpaired) electrons. The van der Waals surface area contributed by atoms with E-state index >= 15 is 0 Å². The number of fused-ring (bicyclic) bond motifs is 1. The SMILES string of the molecule is O=C(Cc1ccc(N2C(=O)C3C4C=CC(CC4)C3C2=O)cc1)Nc1ncccc1O. The van der Waals surface area contributed by atoms with Crippen LogP contribution in [0.15, 0.2) is 54.7 Å². The lowest BCUT2D eigenvalue weighted by Crippen LogP contribution is -2.38. The summed E-state index contributed by atoms with van der Waals surface area (Å²) in [5.41, 5.74) is 1.27. The van der Waals surface area contributed by atoms with E-state index in [2.05, 4.69) is 22.5 Å². The van der Waals surface area contributed by atoms with Crippen molar-refractivity contribution in [2.24, 2.45) is 23.7 Å². The third-order valence-electron chi connectivity index (χ3n) is 6.36. The van der Waals surface area contributed by atoms with Crippen molar-refractivity contribution in [2.45, 2.75) is 19.3 Å². The third-order valence-corrected chi connectivity index (χ3v) is 6.36. The van der Waals surface area contributed by atoms with Crippen LogP contribution in [0.4, 0.5) is 11.5 Å². The van der Waals surface area contributed by atoms with Crippen LogP contribution in [0, 0.1) is 23.7 Å². The Morgan fingerprint density at radius 1 is 1.03 bits per heavy atom. The van der Waals surface area contributed by atoms with Gasteiger partial charge in [-0.25, -0.2) is 4.98 Å². The summed E-state index contributed by atoms with van der Waals surface area (Å²) in [5.74, 6) is -0.690. The van der Waals surface area contributed by atoms with Gasteiger partial charge in [0.15, 0.2) is 11.6 Å². The average Bonchev–Trinajstić information content (AvgIpc) is 3.04. The molecule has 7 heteroatoms. The molecule has 0 spiro atoms. The highest BCUT2D eigenvalue weighted by Gasteiger charge is 2.56. The molecular formula is C23H21N3O4. The Morgan fingerprint density at radius 2 is 1.67 bits per heavy atom. The smallest absolute Gasteiger partial charge is 0.238 e. The van der Waals surface area contributed by atoms with Crippen molar-refractivity contribution in [2.75, 3.05) is 10.2 Å². The normalized spacial score (nSPS) is 26.7. The van der Waals surface area contributed by atoms with Gasteiger partial charge in [0.05, 0.1) is 23.9 Å². The first-order valence-corrected chi connectivity index (χ1v) is 10.1. The molecule has 4 aliphatic rings. The number of rotatable bonds is 4. The number of benzene rings is 1. The molecule has 1 aromatic heterocycles. The van der Waals surface area contributed by atoms with Gasteiger partial charge < -0.3 is 10.4 Å². The fourth-order valence-electron chi connectivity index (χ4n) is 4.95. The number of carbonyl (C=O) groups is 3. The van der Waals surface area contributed by atoms with E-state index < -0.39 is 0 Å². The monoisotopic (exact) mass is 403 g/mol. The van der Waals surface area contributed by atoms with Crippen LogP contribution in [-0.2, 0) is 20.8 Å². The highest BCUT2D eigenvalue weighted by atomic mass is 16.3. The molecule has 2 bridgehead atoms. The lowest BCUT2D eigenvalue weighted by atomic mass is 9.63. The molecule has 6 rings (SSSR count). The second-order valence-corrected chi connectivity index (χ2v) is 8.12. The van der Waals surface area contributed by atoms with Gasteiger partial charge in [0.2, 0.25) is 17.7 Å². The average molecular weight is 403 g/mol. The van der Waals surface area contributed by atoms with E-state index in [0.717, 1.165) is 18.4 Å². The maximum Gasteiger partial charge on any atom is 0.238 e. The fraction of sp³-hybridized carbons (Fsp3) is 0.304. The van der Waals surface area contributed by atoms with Gasteiger partial charge in [-0.2, -0.15) is 0 Å². The molecule has 2 N–H and O–H groups in total. The minimum Gasteiger partial charge on any atom is -0.504 e. The second-order valence-electron chi connectivity index (χ2n) is 8.12. The van der Waals surface area contributed by atoms with E-state index in [4.69, 9.17) is 0 Å². The predicted octanol–water partition coefficient (Wildman–Crippen LogP) is 2.67. The van der Waals surface area contributed by atoms with E-state index in [1.165, 1.54) is 17.2 Å². The Bertz CT molecular complexity index is 1030. The van der Waals surface area contributed by atoms with Crippen LogP contribution in [0.2, 0.25) is 0 Å². The molecule has 3 amide bonds. The Hall–Kier alpha value is -3.48. The van der Waals surface area contributed by atoms with Gasteiger partial charge in [-0.1, -0.05) is 24.3 Å². The number of nitrogens with zero attached hydrogens (tertiary/aromatic N) is 2. The lowest BCUT2D eigenvalue weighted by molar-refractivity contribution is -0.124. The highest BCUT2D eigenvalue weighted by Crippen LogP contribution is 2.50. The van der Waals surface area contributed by atoms with Gasteiger partial charge in [0, 0.05) is 6.20 Å². The van der Waals surface area contributed by atoms with Crippen LogP contribution < -0.4 is 10.2 Å². The van der Waals surface area contributed by atoms with E-state index in [0.29, 0.717) is 5.69 Å². The van der Waals surface area contributed by atoms with Gasteiger partial charge in [0.25, 0.3) is 0 Å². The first-order valence-electron chi connectivity index (χ1n) is 10.1. The topological polar surface area (TPSA) is 99.6 Å². The molecule has 152 valence electrons. The second kappa shape index (κ2) is 7.09. The molecule has 1 saturated heterocycles. The van der Waals surface area contributed by atoms with E-state index in [1.54, 1.807) is 30.3 Å². The maximum absolute atomic E-state index is 13.0. The number of aromatic nitrogens is 1. The predicted molar refractivity (Wildman–Crippen MR) is 110 cm³/mol. The van der Waals surface area contributed by atoms with Crippen molar-refractivity contribution in [1.82, 2.24) is 4.98 Å². The number of aromatic hydroxyl groups is 1. The molecule has 3 aliphatic carbocycles. The Morgan fingerprint density at radius 3 is 2.23 bits per heavy atom. The van der Waals surface area contributed by atoms with Crippen molar-refractivity contribution >= 4 is 29.2 Å². The van der Waals surface area contributed by atoms with Crippen molar-refractivity contribution in [3.05, 3.63) is 60.3 Å². The summed E-state index contributed by atoms with van der Waals surface area (Å²) in [4.78, 5) is 43.5. The molecule has 2 aromatic rings. The molecule has 1 aromatic carbocycles. The van der Waals surface area contributed by atoms with Gasteiger partial charge in [-0.15, -0.1) is 0 Å². The highest BCUT2D eigenvalue weighted by molar-refractivity contribution is 6.22. The van der Waals surface area contributed by atoms with Crippen LogP contribution in [0.5, 0.6) is 5.75 Å². The van der Waals surface area contributed by atoms with Crippen LogP contribution in [0.1, 0.15) is 18.4 Å². The van der Waals surface area contributed by atoms with Crippen LogP contribution in [-0.4, -0.2) is 27.8 Å². The number of hydrogen-bond donors (Lipinski definition) is 2. The zero-order valence-electron chi connectivity index (χ0n) is 16.2. The number of carbonyl (C=O) groups excluding carboxylic acids is 3. The lowest BCUT2D eigenvalue weighted by Gasteiger charge is -2.38. The van der Waals surface area contributed by atoms with E-state index in [9.17, 15) is 19.5 Å². The summed E-state index contributed by atoms with van der Waals surface area (Å²) in [6.07, 6.45) is 7.70. The number of imide groups is 1.